The highest BCUT2D eigenvalue weighted by Crippen LogP contribution is 2.24. The first-order chi connectivity index (χ1) is 8.79. The molecule has 0 amide bonds. The topological polar surface area (TPSA) is 52.0 Å². The molecule has 0 aliphatic carbocycles. The molecule has 2 aromatic rings. The lowest BCUT2D eigenvalue weighted by atomic mass is 10.2. The van der Waals surface area contributed by atoms with Crippen molar-refractivity contribution in [2.75, 3.05) is 6.54 Å². The maximum Gasteiger partial charge on any atom is 0.204 e. The summed E-state index contributed by atoms with van der Waals surface area (Å²) >= 11 is 1.83. The Hall–Kier alpha value is -1.26. The summed E-state index contributed by atoms with van der Waals surface area (Å²) in [6, 6.07) is 10.0. The molecule has 4 heteroatoms. The van der Waals surface area contributed by atoms with Crippen LogP contribution < -0.4 is 5.73 Å². The second kappa shape index (κ2) is 6.61. The van der Waals surface area contributed by atoms with Gasteiger partial charge in [0, 0.05) is 10.8 Å². The normalized spacial score (nSPS) is 12.6. The van der Waals surface area contributed by atoms with Crippen molar-refractivity contribution in [3.05, 3.63) is 42.4 Å². The average Bonchev–Trinajstić information content (AvgIpc) is 2.87. The molecule has 0 fully saturated rings. The van der Waals surface area contributed by atoms with Gasteiger partial charge in [-0.3, -0.25) is 0 Å². The molecule has 0 aliphatic heterocycles. The summed E-state index contributed by atoms with van der Waals surface area (Å²) in [6.45, 7) is 2.91. The molecule has 0 spiro atoms. The van der Waals surface area contributed by atoms with E-state index in [2.05, 4.69) is 11.9 Å². The zero-order valence-electron chi connectivity index (χ0n) is 10.5. The van der Waals surface area contributed by atoms with E-state index in [1.165, 1.54) is 0 Å². The van der Waals surface area contributed by atoms with Crippen LogP contribution in [0, 0.1) is 0 Å². The molecule has 0 bridgehead atoms. The third kappa shape index (κ3) is 3.62. The number of aromatic nitrogens is 1. The Labute approximate surface area is 112 Å². The van der Waals surface area contributed by atoms with Crippen LogP contribution in [0.15, 0.2) is 40.9 Å². The fourth-order valence-electron chi connectivity index (χ4n) is 1.64. The van der Waals surface area contributed by atoms with Crippen molar-refractivity contribution < 1.29 is 4.42 Å². The predicted molar refractivity (Wildman–Crippen MR) is 76.4 cm³/mol. The number of hydrogen-bond donors (Lipinski definition) is 1. The molecule has 1 aromatic heterocycles. The highest BCUT2D eigenvalue weighted by molar-refractivity contribution is 7.99. The number of nitrogens with two attached hydrogens (primary N) is 1. The Morgan fingerprint density at radius 3 is 2.83 bits per heavy atom. The van der Waals surface area contributed by atoms with Gasteiger partial charge in [0.25, 0.3) is 0 Å². The molecule has 0 aliphatic rings. The van der Waals surface area contributed by atoms with E-state index in [1.807, 2.05) is 42.1 Å². The third-order valence-electron chi connectivity index (χ3n) is 2.68. The van der Waals surface area contributed by atoms with Gasteiger partial charge in [-0.25, -0.2) is 4.98 Å². The summed E-state index contributed by atoms with van der Waals surface area (Å²) in [5.74, 6) is 2.41. The van der Waals surface area contributed by atoms with Crippen molar-refractivity contribution >= 4 is 11.8 Å². The number of hydrogen-bond acceptors (Lipinski definition) is 4. The SMILES string of the molecule is CC(CCN)SCc1ncc(-c2ccccc2)o1. The quantitative estimate of drug-likeness (QED) is 0.867. The van der Waals surface area contributed by atoms with Crippen LogP contribution in [0.5, 0.6) is 0 Å². The molecule has 0 radical (unpaired) electrons. The summed E-state index contributed by atoms with van der Waals surface area (Å²) < 4.78 is 5.74. The van der Waals surface area contributed by atoms with E-state index in [4.69, 9.17) is 10.2 Å². The van der Waals surface area contributed by atoms with E-state index in [9.17, 15) is 0 Å². The molecule has 18 heavy (non-hydrogen) atoms. The lowest BCUT2D eigenvalue weighted by Crippen LogP contribution is -2.07. The monoisotopic (exact) mass is 262 g/mol. The Morgan fingerprint density at radius 1 is 1.33 bits per heavy atom. The lowest BCUT2D eigenvalue weighted by molar-refractivity contribution is 0.529. The molecule has 1 unspecified atom stereocenters. The Morgan fingerprint density at radius 2 is 2.11 bits per heavy atom. The Bertz CT molecular complexity index is 470. The van der Waals surface area contributed by atoms with Gasteiger partial charge in [-0.05, 0) is 13.0 Å². The van der Waals surface area contributed by atoms with E-state index in [-0.39, 0.29) is 0 Å². The van der Waals surface area contributed by atoms with Gasteiger partial charge in [0.05, 0.1) is 11.9 Å². The first-order valence-corrected chi connectivity index (χ1v) is 7.16. The molecule has 1 atom stereocenters. The zero-order chi connectivity index (χ0) is 12.8. The van der Waals surface area contributed by atoms with Crippen molar-refractivity contribution in [3.63, 3.8) is 0 Å². The maximum absolute atomic E-state index is 5.74. The lowest BCUT2D eigenvalue weighted by Gasteiger charge is -2.06. The molecule has 0 saturated heterocycles. The van der Waals surface area contributed by atoms with Crippen LogP contribution in [0.4, 0.5) is 0 Å². The van der Waals surface area contributed by atoms with Crippen LogP contribution >= 0.6 is 11.8 Å². The third-order valence-corrected chi connectivity index (χ3v) is 3.89. The average molecular weight is 262 g/mol. The minimum atomic E-state index is 0.544. The molecule has 2 rings (SSSR count). The highest BCUT2D eigenvalue weighted by atomic mass is 32.2. The zero-order valence-corrected chi connectivity index (χ0v) is 11.3. The van der Waals surface area contributed by atoms with Gasteiger partial charge in [0.15, 0.2) is 5.76 Å². The molecule has 1 heterocycles. The van der Waals surface area contributed by atoms with Crippen molar-refractivity contribution in [1.29, 1.82) is 0 Å². The summed E-state index contributed by atoms with van der Waals surface area (Å²) in [5, 5.41) is 0.544. The molecular formula is C14H18N2OS. The standard InChI is InChI=1S/C14H18N2OS/c1-11(7-8-15)18-10-14-16-9-13(17-14)12-5-3-2-4-6-12/h2-6,9,11H,7-8,10,15H2,1H3. The van der Waals surface area contributed by atoms with E-state index in [1.54, 1.807) is 6.20 Å². The minimum absolute atomic E-state index is 0.544. The second-order valence-electron chi connectivity index (χ2n) is 4.18. The van der Waals surface area contributed by atoms with Crippen LogP contribution in [0.3, 0.4) is 0 Å². The molecule has 2 N–H and O–H groups in total. The van der Waals surface area contributed by atoms with E-state index in [0.717, 1.165) is 35.9 Å². The number of nitrogens with zero attached hydrogens (tertiary/aromatic N) is 1. The van der Waals surface area contributed by atoms with Crippen LogP contribution in [0.2, 0.25) is 0 Å². The number of oxazole rings is 1. The smallest absolute Gasteiger partial charge is 0.204 e. The van der Waals surface area contributed by atoms with E-state index < -0.39 is 0 Å². The van der Waals surface area contributed by atoms with Crippen molar-refractivity contribution in [3.8, 4) is 11.3 Å². The van der Waals surface area contributed by atoms with Crippen molar-refractivity contribution in [1.82, 2.24) is 4.98 Å². The number of rotatable bonds is 6. The van der Waals surface area contributed by atoms with E-state index in [0.29, 0.717) is 5.25 Å². The predicted octanol–water partition coefficient (Wildman–Crippen LogP) is 3.31. The van der Waals surface area contributed by atoms with Gasteiger partial charge in [-0.15, -0.1) is 11.8 Å². The summed E-state index contributed by atoms with van der Waals surface area (Å²) in [5.41, 5.74) is 6.59. The fourth-order valence-corrected chi connectivity index (χ4v) is 2.51. The molecule has 96 valence electrons. The first-order valence-electron chi connectivity index (χ1n) is 6.11. The minimum Gasteiger partial charge on any atom is -0.440 e. The Kier molecular flexibility index (Phi) is 4.84. The van der Waals surface area contributed by atoms with Crippen LogP contribution in [-0.2, 0) is 5.75 Å². The maximum atomic E-state index is 5.74. The molecule has 3 nitrogen and oxygen atoms in total. The van der Waals surface area contributed by atoms with Gasteiger partial charge in [-0.2, -0.15) is 0 Å². The molecule has 1 aromatic carbocycles. The van der Waals surface area contributed by atoms with Crippen LogP contribution in [0.25, 0.3) is 11.3 Å². The second-order valence-corrected chi connectivity index (χ2v) is 5.61. The molecular weight excluding hydrogens is 244 g/mol. The van der Waals surface area contributed by atoms with Gasteiger partial charge in [-0.1, -0.05) is 37.3 Å². The first kappa shape index (κ1) is 13.2. The largest absolute Gasteiger partial charge is 0.440 e. The van der Waals surface area contributed by atoms with Gasteiger partial charge in [0.1, 0.15) is 0 Å². The van der Waals surface area contributed by atoms with Gasteiger partial charge < -0.3 is 10.2 Å². The summed E-state index contributed by atoms with van der Waals surface area (Å²) in [6.07, 6.45) is 2.82. The van der Waals surface area contributed by atoms with Crippen molar-refractivity contribution in [2.45, 2.75) is 24.3 Å². The van der Waals surface area contributed by atoms with Gasteiger partial charge >= 0.3 is 0 Å². The Balaban J connectivity index is 1.95. The number of benzene rings is 1. The van der Waals surface area contributed by atoms with Gasteiger partial charge in [0.2, 0.25) is 5.89 Å². The van der Waals surface area contributed by atoms with Crippen LogP contribution in [-0.4, -0.2) is 16.8 Å². The molecule has 0 saturated carbocycles. The fraction of sp³-hybridized carbons (Fsp3) is 0.357. The summed E-state index contributed by atoms with van der Waals surface area (Å²) in [4.78, 5) is 4.31. The highest BCUT2D eigenvalue weighted by Gasteiger charge is 2.08. The number of thioether (sulfide) groups is 1. The summed E-state index contributed by atoms with van der Waals surface area (Å²) in [7, 11) is 0. The van der Waals surface area contributed by atoms with E-state index >= 15 is 0 Å². The van der Waals surface area contributed by atoms with Crippen LogP contribution in [0.1, 0.15) is 19.2 Å². The van der Waals surface area contributed by atoms with Crippen molar-refractivity contribution in [2.24, 2.45) is 5.73 Å².